The number of nitrogens with one attached hydrogen (secondary N) is 2. The third-order valence-electron chi connectivity index (χ3n) is 2.96. The molecule has 4 nitrogen and oxygen atoms in total. The van der Waals surface area contributed by atoms with Crippen LogP contribution in [0.2, 0.25) is 0 Å². The number of hydrogen-bond donors (Lipinski definition) is 3. The van der Waals surface area contributed by atoms with Crippen LogP contribution in [-0.4, -0.2) is 16.7 Å². The third-order valence-corrected chi connectivity index (χ3v) is 2.96. The second-order valence-corrected chi connectivity index (χ2v) is 4.38. The molecule has 2 aromatic rings. The van der Waals surface area contributed by atoms with Crippen molar-refractivity contribution in [2.45, 2.75) is 32.6 Å². The first-order valence-electron chi connectivity index (χ1n) is 6.27. The van der Waals surface area contributed by atoms with E-state index in [0.29, 0.717) is 0 Å². The molecule has 0 aliphatic rings. The number of benzene rings is 1. The molecule has 0 bridgehead atoms. The Morgan fingerprint density at radius 2 is 2.18 bits per heavy atom. The van der Waals surface area contributed by atoms with Crippen LogP contribution in [0.1, 0.15) is 32.6 Å². The Morgan fingerprint density at radius 3 is 3.00 bits per heavy atom. The van der Waals surface area contributed by atoms with Crippen molar-refractivity contribution in [3.8, 4) is 0 Å². The van der Waals surface area contributed by atoms with Gasteiger partial charge in [0.25, 0.3) is 0 Å². The Balaban J connectivity index is 1.95. The van der Waals surface area contributed by atoms with Gasteiger partial charge in [-0.05, 0) is 18.6 Å². The zero-order chi connectivity index (χ0) is 12.1. The molecule has 0 aliphatic carbocycles. The van der Waals surface area contributed by atoms with Gasteiger partial charge in [0.1, 0.15) is 0 Å². The summed E-state index contributed by atoms with van der Waals surface area (Å²) in [6.45, 7) is 3.20. The fourth-order valence-corrected chi connectivity index (χ4v) is 1.94. The van der Waals surface area contributed by atoms with Gasteiger partial charge in [-0.25, -0.2) is 0 Å². The predicted molar refractivity (Wildman–Crippen MR) is 73.1 cm³/mol. The summed E-state index contributed by atoms with van der Waals surface area (Å²) in [7, 11) is 0. The zero-order valence-electron chi connectivity index (χ0n) is 10.3. The van der Waals surface area contributed by atoms with Crippen molar-refractivity contribution in [1.29, 1.82) is 0 Å². The summed E-state index contributed by atoms with van der Waals surface area (Å²) in [6, 6.07) is 3.98. The molecule has 0 atom stereocenters. The van der Waals surface area contributed by atoms with Crippen molar-refractivity contribution >= 4 is 22.3 Å². The number of anilines is 2. The Morgan fingerprint density at radius 1 is 1.29 bits per heavy atom. The maximum Gasteiger partial charge on any atom is 0.0672 e. The van der Waals surface area contributed by atoms with Gasteiger partial charge in [-0.3, -0.25) is 5.10 Å². The average Bonchev–Trinajstić information content (AvgIpc) is 2.76. The Kier molecular flexibility index (Phi) is 3.85. The number of nitrogens with two attached hydrogens (primary N) is 1. The summed E-state index contributed by atoms with van der Waals surface area (Å²) in [4.78, 5) is 0. The van der Waals surface area contributed by atoms with Crippen molar-refractivity contribution in [1.82, 2.24) is 10.2 Å². The molecule has 0 spiro atoms. The molecular weight excluding hydrogens is 212 g/mol. The van der Waals surface area contributed by atoms with E-state index in [1.807, 2.05) is 12.1 Å². The molecule has 0 amide bonds. The number of rotatable bonds is 6. The van der Waals surface area contributed by atoms with E-state index in [0.717, 1.165) is 28.8 Å². The van der Waals surface area contributed by atoms with Gasteiger partial charge in [0.05, 0.1) is 23.1 Å². The molecule has 0 saturated carbocycles. The highest BCUT2D eigenvalue weighted by molar-refractivity contribution is 5.88. The predicted octanol–water partition coefficient (Wildman–Crippen LogP) is 3.14. The molecule has 4 N–H and O–H groups in total. The summed E-state index contributed by atoms with van der Waals surface area (Å²) < 4.78 is 0. The van der Waals surface area contributed by atoms with Gasteiger partial charge in [0.2, 0.25) is 0 Å². The number of hydrogen-bond acceptors (Lipinski definition) is 3. The van der Waals surface area contributed by atoms with Gasteiger partial charge in [-0.15, -0.1) is 0 Å². The lowest BCUT2D eigenvalue weighted by atomic mass is 10.2. The number of H-pyrrole nitrogens is 1. The minimum atomic E-state index is 0.786. The summed E-state index contributed by atoms with van der Waals surface area (Å²) in [5, 5.41) is 11.4. The van der Waals surface area contributed by atoms with Crippen LogP contribution in [0.15, 0.2) is 18.3 Å². The molecule has 2 rings (SSSR count). The van der Waals surface area contributed by atoms with Crippen molar-refractivity contribution < 1.29 is 0 Å². The van der Waals surface area contributed by atoms with Crippen LogP contribution in [0.3, 0.4) is 0 Å². The number of aromatic nitrogens is 2. The molecule has 92 valence electrons. The Labute approximate surface area is 102 Å². The van der Waals surface area contributed by atoms with E-state index in [-0.39, 0.29) is 0 Å². The smallest absolute Gasteiger partial charge is 0.0672 e. The topological polar surface area (TPSA) is 66.7 Å². The van der Waals surface area contributed by atoms with Crippen LogP contribution < -0.4 is 11.1 Å². The van der Waals surface area contributed by atoms with Crippen LogP contribution in [0, 0.1) is 0 Å². The van der Waals surface area contributed by atoms with Gasteiger partial charge in [-0.1, -0.05) is 26.2 Å². The first kappa shape index (κ1) is 11.8. The first-order chi connectivity index (χ1) is 8.31. The van der Waals surface area contributed by atoms with Crippen molar-refractivity contribution in [3.63, 3.8) is 0 Å². The van der Waals surface area contributed by atoms with Crippen molar-refractivity contribution in [2.75, 3.05) is 17.6 Å². The number of fused-ring (bicyclic) bond motifs is 1. The first-order valence-corrected chi connectivity index (χ1v) is 6.27. The highest BCUT2D eigenvalue weighted by Crippen LogP contribution is 2.24. The van der Waals surface area contributed by atoms with Crippen LogP contribution in [0.4, 0.5) is 11.4 Å². The second kappa shape index (κ2) is 5.57. The quantitative estimate of drug-likeness (QED) is 0.529. The fraction of sp³-hybridized carbons (Fsp3) is 0.462. The lowest BCUT2D eigenvalue weighted by Crippen LogP contribution is -2.04. The number of unbranched alkanes of at least 4 members (excludes halogenated alkanes) is 3. The van der Waals surface area contributed by atoms with E-state index >= 15 is 0 Å². The van der Waals surface area contributed by atoms with Crippen LogP contribution in [-0.2, 0) is 0 Å². The molecular formula is C13H20N4. The maximum absolute atomic E-state index is 5.98. The Hall–Kier alpha value is -1.71. The molecule has 17 heavy (non-hydrogen) atoms. The average molecular weight is 232 g/mol. The molecule has 4 heteroatoms. The van der Waals surface area contributed by atoms with Gasteiger partial charge in [0, 0.05) is 11.9 Å². The van der Waals surface area contributed by atoms with Crippen molar-refractivity contribution in [3.05, 3.63) is 18.3 Å². The fourth-order valence-electron chi connectivity index (χ4n) is 1.94. The normalized spacial score (nSPS) is 10.9. The molecule has 1 aromatic carbocycles. The van der Waals surface area contributed by atoms with Gasteiger partial charge in [-0.2, -0.15) is 5.10 Å². The number of nitrogen functional groups attached to an aromatic ring is 1. The monoisotopic (exact) mass is 232 g/mol. The largest absolute Gasteiger partial charge is 0.397 e. The summed E-state index contributed by atoms with van der Waals surface area (Å²) in [5.74, 6) is 0. The molecule has 0 radical (unpaired) electrons. The van der Waals surface area contributed by atoms with E-state index < -0.39 is 0 Å². The third kappa shape index (κ3) is 2.90. The van der Waals surface area contributed by atoms with E-state index in [1.54, 1.807) is 6.20 Å². The molecule has 0 fully saturated rings. The van der Waals surface area contributed by atoms with E-state index in [4.69, 9.17) is 5.73 Å². The highest BCUT2D eigenvalue weighted by atomic mass is 15.1. The minimum Gasteiger partial charge on any atom is -0.397 e. The SMILES string of the molecule is CCCCCCNc1cc2[nH]ncc2cc1N. The van der Waals surface area contributed by atoms with E-state index in [1.165, 1.54) is 25.7 Å². The van der Waals surface area contributed by atoms with E-state index in [2.05, 4.69) is 22.4 Å². The minimum absolute atomic E-state index is 0.786. The highest BCUT2D eigenvalue weighted by Gasteiger charge is 2.02. The molecule has 1 heterocycles. The van der Waals surface area contributed by atoms with Crippen LogP contribution in [0.25, 0.3) is 10.9 Å². The maximum atomic E-state index is 5.98. The number of aromatic amines is 1. The molecule has 0 unspecified atom stereocenters. The van der Waals surface area contributed by atoms with Gasteiger partial charge >= 0.3 is 0 Å². The van der Waals surface area contributed by atoms with Crippen LogP contribution in [0.5, 0.6) is 0 Å². The Bertz CT molecular complexity index is 475. The molecule has 1 aromatic heterocycles. The van der Waals surface area contributed by atoms with E-state index in [9.17, 15) is 0 Å². The van der Waals surface area contributed by atoms with Gasteiger partial charge < -0.3 is 11.1 Å². The summed E-state index contributed by atoms with van der Waals surface area (Å²) in [6.07, 6.45) is 6.82. The number of nitrogens with zero attached hydrogens (tertiary/aromatic N) is 1. The zero-order valence-corrected chi connectivity index (χ0v) is 10.3. The second-order valence-electron chi connectivity index (χ2n) is 4.38. The molecule has 0 aliphatic heterocycles. The van der Waals surface area contributed by atoms with Gasteiger partial charge in [0.15, 0.2) is 0 Å². The lowest BCUT2D eigenvalue weighted by molar-refractivity contribution is 0.685. The summed E-state index contributed by atoms with van der Waals surface area (Å²) >= 11 is 0. The van der Waals surface area contributed by atoms with Crippen LogP contribution >= 0.6 is 0 Å². The van der Waals surface area contributed by atoms with Crippen molar-refractivity contribution in [2.24, 2.45) is 0 Å². The summed E-state index contributed by atoms with van der Waals surface area (Å²) in [5.41, 5.74) is 8.79. The lowest BCUT2D eigenvalue weighted by Gasteiger charge is -2.09. The molecule has 0 saturated heterocycles. The standard InChI is InChI=1S/C13H20N4/c1-2-3-4-5-6-15-13-8-12-10(7-11(13)14)9-16-17-12/h7-9,15H,2-6,14H2,1H3,(H,16,17).